The highest BCUT2D eigenvalue weighted by atomic mass is 32.2. The highest BCUT2D eigenvalue weighted by molar-refractivity contribution is 7.89. The van der Waals surface area contributed by atoms with Gasteiger partial charge in [0.15, 0.2) is 5.76 Å². The van der Waals surface area contributed by atoms with E-state index in [4.69, 9.17) is 9.26 Å². The number of hydrogen-bond acceptors (Lipinski definition) is 6. The zero-order chi connectivity index (χ0) is 19.6. The van der Waals surface area contributed by atoms with Crippen LogP contribution < -0.4 is 0 Å². The maximum Gasteiger partial charge on any atom is 0.310 e. The molecule has 2 aromatic rings. The van der Waals surface area contributed by atoms with Crippen LogP contribution >= 0.6 is 0 Å². The molecule has 1 atom stereocenters. The number of esters is 1. The van der Waals surface area contributed by atoms with Crippen LogP contribution in [0.2, 0.25) is 0 Å². The summed E-state index contributed by atoms with van der Waals surface area (Å²) in [6.07, 6.45) is 1.27. The summed E-state index contributed by atoms with van der Waals surface area (Å²) in [5.74, 6) is -0.235. The summed E-state index contributed by atoms with van der Waals surface area (Å²) in [5.41, 5.74) is 2.02. The zero-order valence-electron chi connectivity index (χ0n) is 15.8. The van der Waals surface area contributed by atoms with Crippen molar-refractivity contribution in [2.75, 3.05) is 19.7 Å². The maximum absolute atomic E-state index is 13.3. The third-order valence-corrected chi connectivity index (χ3v) is 6.73. The second kappa shape index (κ2) is 7.82. The number of carbonyl (C=O) groups excluding carboxylic acids is 1. The van der Waals surface area contributed by atoms with Crippen molar-refractivity contribution in [3.8, 4) is 11.3 Å². The molecule has 0 amide bonds. The highest BCUT2D eigenvalue weighted by Gasteiger charge is 2.34. The van der Waals surface area contributed by atoms with Gasteiger partial charge >= 0.3 is 5.97 Å². The van der Waals surface area contributed by atoms with E-state index in [-0.39, 0.29) is 17.4 Å². The van der Waals surface area contributed by atoms with Crippen LogP contribution in [-0.4, -0.2) is 43.5 Å². The summed E-state index contributed by atoms with van der Waals surface area (Å²) in [6.45, 7) is 6.14. The van der Waals surface area contributed by atoms with Gasteiger partial charge in [-0.2, -0.15) is 4.31 Å². The Balaban J connectivity index is 1.91. The van der Waals surface area contributed by atoms with Gasteiger partial charge in [-0.3, -0.25) is 4.79 Å². The van der Waals surface area contributed by atoms with E-state index in [1.165, 1.54) is 4.31 Å². The number of sulfonamides is 1. The number of nitrogens with zero attached hydrogens (tertiary/aromatic N) is 2. The normalized spacial score (nSPS) is 18.4. The van der Waals surface area contributed by atoms with Crippen LogP contribution in [0, 0.1) is 19.8 Å². The molecule has 0 unspecified atom stereocenters. The van der Waals surface area contributed by atoms with Gasteiger partial charge in [-0.05, 0) is 45.2 Å². The number of carbonyl (C=O) groups is 1. The predicted molar refractivity (Wildman–Crippen MR) is 99.5 cm³/mol. The largest absolute Gasteiger partial charge is 0.466 e. The molecule has 1 saturated heterocycles. The number of aromatic nitrogens is 1. The van der Waals surface area contributed by atoms with Crippen molar-refractivity contribution in [2.45, 2.75) is 38.5 Å². The Bertz CT molecular complexity index is 935. The molecule has 27 heavy (non-hydrogen) atoms. The van der Waals surface area contributed by atoms with Gasteiger partial charge in [0.25, 0.3) is 0 Å². The molecule has 1 aromatic heterocycles. The lowest BCUT2D eigenvalue weighted by atomic mass is 10.0. The summed E-state index contributed by atoms with van der Waals surface area (Å²) in [6, 6.07) is 6.94. The zero-order valence-corrected chi connectivity index (χ0v) is 16.6. The predicted octanol–water partition coefficient (Wildman–Crippen LogP) is 2.92. The summed E-state index contributed by atoms with van der Waals surface area (Å²) in [7, 11) is -3.73. The average Bonchev–Trinajstić information content (AvgIpc) is 3.08. The summed E-state index contributed by atoms with van der Waals surface area (Å²) in [5, 5.41) is 3.86. The molecule has 1 aliphatic heterocycles. The molecule has 0 spiro atoms. The summed E-state index contributed by atoms with van der Waals surface area (Å²) < 4.78 is 38.2. The van der Waals surface area contributed by atoms with E-state index in [2.05, 4.69) is 5.16 Å². The molecule has 1 aliphatic rings. The molecule has 7 nitrogen and oxygen atoms in total. The quantitative estimate of drug-likeness (QED) is 0.727. The third kappa shape index (κ3) is 4.06. The van der Waals surface area contributed by atoms with Crippen LogP contribution in [0.5, 0.6) is 0 Å². The Morgan fingerprint density at radius 3 is 2.78 bits per heavy atom. The van der Waals surface area contributed by atoms with Gasteiger partial charge in [-0.1, -0.05) is 17.3 Å². The van der Waals surface area contributed by atoms with Gasteiger partial charge < -0.3 is 9.26 Å². The van der Waals surface area contributed by atoms with E-state index in [0.29, 0.717) is 42.9 Å². The van der Waals surface area contributed by atoms with E-state index >= 15 is 0 Å². The van der Waals surface area contributed by atoms with Crippen LogP contribution in [-0.2, 0) is 19.6 Å². The lowest BCUT2D eigenvalue weighted by Crippen LogP contribution is -2.42. The van der Waals surface area contributed by atoms with Crippen LogP contribution in [0.25, 0.3) is 11.3 Å². The van der Waals surface area contributed by atoms with E-state index in [9.17, 15) is 13.2 Å². The number of benzene rings is 1. The Hall–Kier alpha value is -2.19. The monoisotopic (exact) mass is 392 g/mol. The van der Waals surface area contributed by atoms with Crippen molar-refractivity contribution < 1.29 is 22.5 Å². The molecule has 2 heterocycles. The van der Waals surface area contributed by atoms with E-state index in [1.807, 2.05) is 13.0 Å². The first-order chi connectivity index (χ1) is 12.8. The van der Waals surface area contributed by atoms with Gasteiger partial charge in [0.2, 0.25) is 10.0 Å². The minimum Gasteiger partial charge on any atom is -0.466 e. The number of piperidine rings is 1. The van der Waals surface area contributed by atoms with Gasteiger partial charge in [0.1, 0.15) is 0 Å². The van der Waals surface area contributed by atoms with Crippen molar-refractivity contribution >= 4 is 16.0 Å². The Kier molecular flexibility index (Phi) is 5.67. The smallest absolute Gasteiger partial charge is 0.310 e. The van der Waals surface area contributed by atoms with Crippen molar-refractivity contribution in [2.24, 2.45) is 5.92 Å². The Morgan fingerprint density at radius 1 is 1.33 bits per heavy atom. The lowest BCUT2D eigenvalue weighted by molar-refractivity contribution is -0.149. The fourth-order valence-corrected chi connectivity index (χ4v) is 5.06. The maximum atomic E-state index is 13.3. The number of aryl methyl sites for hydroxylation is 2. The van der Waals surface area contributed by atoms with Crippen LogP contribution in [0.4, 0.5) is 0 Å². The minimum atomic E-state index is -3.73. The van der Waals surface area contributed by atoms with E-state index < -0.39 is 15.9 Å². The molecule has 3 rings (SSSR count). The van der Waals surface area contributed by atoms with Gasteiger partial charge in [-0.15, -0.1) is 0 Å². The SMILES string of the molecule is CCOC(=O)[C@H]1CCCN(S(=O)(=O)c2cc(-c3cc(C)no3)ccc2C)C1. The van der Waals surface area contributed by atoms with Gasteiger partial charge in [0.05, 0.1) is 23.1 Å². The molecule has 1 fully saturated rings. The first-order valence-electron chi connectivity index (χ1n) is 9.04. The molecule has 8 heteroatoms. The van der Waals surface area contributed by atoms with Crippen molar-refractivity contribution in [1.29, 1.82) is 0 Å². The second-order valence-corrected chi connectivity index (χ2v) is 8.67. The average molecular weight is 392 g/mol. The van der Waals surface area contributed by atoms with E-state index in [0.717, 1.165) is 5.69 Å². The van der Waals surface area contributed by atoms with Crippen LogP contribution in [0.15, 0.2) is 33.7 Å². The number of hydrogen-bond donors (Lipinski definition) is 0. The highest BCUT2D eigenvalue weighted by Crippen LogP contribution is 2.30. The molecule has 0 aliphatic carbocycles. The summed E-state index contributed by atoms with van der Waals surface area (Å²) in [4.78, 5) is 12.3. The molecule has 0 saturated carbocycles. The molecular weight excluding hydrogens is 368 g/mol. The first-order valence-corrected chi connectivity index (χ1v) is 10.5. The minimum absolute atomic E-state index is 0.145. The van der Waals surface area contributed by atoms with E-state index in [1.54, 1.807) is 32.0 Å². The van der Waals surface area contributed by atoms with Gasteiger partial charge in [-0.25, -0.2) is 8.42 Å². The first kappa shape index (κ1) is 19.6. The summed E-state index contributed by atoms with van der Waals surface area (Å²) >= 11 is 0. The van der Waals surface area contributed by atoms with Crippen LogP contribution in [0.1, 0.15) is 31.0 Å². The third-order valence-electron chi connectivity index (χ3n) is 4.72. The molecule has 0 bridgehead atoms. The second-order valence-electron chi connectivity index (χ2n) is 6.77. The molecule has 0 N–H and O–H groups in total. The fourth-order valence-electron chi connectivity index (χ4n) is 3.28. The molecule has 1 aromatic carbocycles. The van der Waals surface area contributed by atoms with Crippen LogP contribution in [0.3, 0.4) is 0 Å². The molecular formula is C19H24N2O5S. The van der Waals surface area contributed by atoms with Crippen molar-refractivity contribution in [1.82, 2.24) is 9.46 Å². The lowest BCUT2D eigenvalue weighted by Gasteiger charge is -2.31. The Morgan fingerprint density at radius 2 is 2.11 bits per heavy atom. The van der Waals surface area contributed by atoms with Gasteiger partial charge in [0, 0.05) is 24.7 Å². The van der Waals surface area contributed by atoms with Crippen molar-refractivity contribution in [3.05, 3.63) is 35.5 Å². The molecule has 146 valence electrons. The number of rotatable bonds is 5. The molecule has 0 radical (unpaired) electrons. The fraction of sp³-hybridized carbons (Fsp3) is 0.474. The standard InChI is InChI=1S/C19H24N2O5S/c1-4-25-19(22)16-6-5-9-21(12-16)27(23,24)18-11-15(8-7-13(18)2)17-10-14(3)20-26-17/h7-8,10-11,16H,4-6,9,12H2,1-3H3/t16-/m0/s1. The number of ether oxygens (including phenoxy) is 1. The van der Waals surface area contributed by atoms with Crippen molar-refractivity contribution in [3.63, 3.8) is 0 Å². The Labute approximate surface area is 159 Å². The topological polar surface area (TPSA) is 89.7 Å².